The molecule has 2 rings (SSSR count). The average Bonchev–Trinajstić information content (AvgIpc) is 2.95. The zero-order valence-electron chi connectivity index (χ0n) is 16.9. The summed E-state index contributed by atoms with van der Waals surface area (Å²) in [4.78, 5) is 7.54. The second kappa shape index (κ2) is 11.6. The summed E-state index contributed by atoms with van der Waals surface area (Å²) in [5.41, 5.74) is 5.87. The maximum absolute atomic E-state index is 13.9. The number of methoxy groups -OCH3 is 1. The second-order valence-electron chi connectivity index (χ2n) is 6.97. The molecule has 1 aliphatic rings. The highest BCUT2D eigenvalue weighted by atomic mass is 19.4. The number of rotatable bonds is 6. The lowest BCUT2D eigenvalue weighted by Crippen LogP contribution is -2.42. The summed E-state index contributed by atoms with van der Waals surface area (Å²) >= 11 is 0. The number of nitrogens with zero attached hydrogens (tertiary/aromatic N) is 2. The predicted octanol–water partition coefficient (Wildman–Crippen LogP) is 3.34. The molecule has 1 fully saturated rings. The van der Waals surface area contributed by atoms with E-state index in [1.165, 1.54) is 32.1 Å². The van der Waals surface area contributed by atoms with Gasteiger partial charge in [-0.2, -0.15) is 13.2 Å². The molecule has 0 atom stereocenters. The van der Waals surface area contributed by atoms with Crippen LogP contribution in [0.4, 0.5) is 23.2 Å². The van der Waals surface area contributed by atoms with Gasteiger partial charge in [0, 0.05) is 17.8 Å². The molecule has 0 bridgehead atoms. The summed E-state index contributed by atoms with van der Waals surface area (Å²) in [5, 5.41) is 8.63. The number of aliphatic imine (C=N–C) groups is 2. The highest BCUT2D eigenvalue weighted by Gasteiger charge is 2.26. The lowest BCUT2D eigenvalue weighted by molar-refractivity contribution is -0.118. The van der Waals surface area contributed by atoms with E-state index in [0.717, 1.165) is 25.7 Å². The Hall–Kier alpha value is -2.56. The first-order valence-corrected chi connectivity index (χ1v) is 9.79. The number of nitrogens with two attached hydrogens (primary N) is 1. The van der Waals surface area contributed by atoms with E-state index in [1.54, 1.807) is 6.07 Å². The highest BCUT2D eigenvalue weighted by Crippen LogP contribution is 2.20. The smallest absolute Gasteiger partial charge is 0.408 e. The molecule has 1 aliphatic carbocycles. The van der Waals surface area contributed by atoms with Gasteiger partial charge in [-0.3, -0.25) is 10.6 Å². The van der Waals surface area contributed by atoms with Gasteiger partial charge in [0.2, 0.25) is 5.96 Å². The molecule has 30 heavy (non-hydrogen) atoms. The third kappa shape index (κ3) is 8.85. The number of ether oxygens (including phenoxy) is 1. The standard InChI is InChI=1S/C19H28F4N6O/c1-30-16-9-8-14(10-15(16)20)28-18(29-17(24)25-11-19(21,22)23)27-12-26-13-6-4-2-3-5-7-13/h8-10,13,26H,2-7,11-12H2,1H3,(H4,24,25,27,28,29). The van der Waals surface area contributed by atoms with Gasteiger partial charge >= 0.3 is 6.18 Å². The van der Waals surface area contributed by atoms with Crippen molar-refractivity contribution >= 4 is 17.6 Å². The quantitative estimate of drug-likeness (QED) is 0.239. The molecule has 0 unspecified atom stereocenters. The van der Waals surface area contributed by atoms with Crippen LogP contribution in [0.2, 0.25) is 0 Å². The van der Waals surface area contributed by atoms with Gasteiger partial charge in [-0.15, -0.1) is 0 Å². The molecule has 0 aromatic heterocycles. The largest absolute Gasteiger partial charge is 0.494 e. The lowest BCUT2D eigenvalue weighted by Gasteiger charge is -2.16. The zero-order valence-corrected chi connectivity index (χ0v) is 16.9. The van der Waals surface area contributed by atoms with Crippen molar-refractivity contribution in [2.75, 3.05) is 25.6 Å². The third-order valence-electron chi connectivity index (χ3n) is 4.56. The minimum absolute atomic E-state index is 0.0455. The normalized spacial score (nSPS) is 16.8. The molecular formula is C19H28F4N6O. The third-order valence-corrected chi connectivity index (χ3v) is 4.56. The van der Waals surface area contributed by atoms with Crippen LogP contribution in [-0.4, -0.2) is 44.5 Å². The molecule has 0 heterocycles. The molecule has 0 radical (unpaired) electrons. The van der Waals surface area contributed by atoms with E-state index in [0.29, 0.717) is 11.7 Å². The molecule has 0 saturated heterocycles. The fourth-order valence-corrected chi connectivity index (χ4v) is 3.06. The van der Waals surface area contributed by atoms with Crippen LogP contribution in [0, 0.1) is 5.82 Å². The fourth-order valence-electron chi connectivity index (χ4n) is 3.06. The molecule has 0 aliphatic heterocycles. The number of hydrogen-bond donors (Lipinski definition) is 4. The molecule has 1 aromatic rings. The van der Waals surface area contributed by atoms with Gasteiger partial charge in [-0.1, -0.05) is 25.7 Å². The van der Waals surface area contributed by atoms with Crippen molar-refractivity contribution in [3.63, 3.8) is 0 Å². The van der Waals surface area contributed by atoms with Gasteiger partial charge in [0.15, 0.2) is 17.5 Å². The first kappa shape index (κ1) is 23.7. The Labute approximate surface area is 173 Å². The summed E-state index contributed by atoms with van der Waals surface area (Å²) in [6, 6.07) is 4.46. The van der Waals surface area contributed by atoms with Gasteiger partial charge < -0.3 is 15.8 Å². The zero-order chi connectivity index (χ0) is 22.0. The maximum atomic E-state index is 13.9. The number of guanidine groups is 2. The van der Waals surface area contributed by atoms with Crippen LogP contribution in [-0.2, 0) is 0 Å². The summed E-state index contributed by atoms with van der Waals surface area (Å²) in [7, 11) is 1.34. The van der Waals surface area contributed by atoms with Crippen LogP contribution in [0.5, 0.6) is 5.75 Å². The Kier molecular flexibility index (Phi) is 9.15. The van der Waals surface area contributed by atoms with E-state index in [9.17, 15) is 17.6 Å². The fraction of sp³-hybridized carbons (Fsp3) is 0.579. The minimum atomic E-state index is -4.48. The summed E-state index contributed by atoms with van der Waals surface area (Å²) in [6.07, 6.45) is 2.34. The van der Waals surface area contributed by atoms with Crippen LogP contribution >= 0.6 is 0 Å². The van der Waals surface area contributed by atoms with Gasteiger partial charge in [-0.05, 0) is 25.0 Å². The molecule has 11 heteroatoms. The SMILES string of the molecule is COc1ccc(NC(=NCNC2CCCCCC2)NC(N)=NCC(F)(F)F)cc1F. The lowest BCUT2D eigenvalue weighted by atomic mass is 10.1. The number of hydrogen-bond acceptors (Lipinski definition) is 4. The number of anilines is 1. The van der Waals surface area contributed by atoms with E-state index < -0.39 is 24.5 Å². The molecule has 0 amide bonds. The van der Waals surface area contributed by atoms with Crippen LogP contribution in [0.1, 0.15) is 38.5 Å². The molecular weight excluding hydrogens is 404 g/mol. The van der Waals surface area contributed by atoms with E-state index in [2.05, 4.69) is 25.9 Å². The Bertz CT molecular complexity index is 730. The van der Waals surface area contributed by atoms with E-state index in [-0.39, 0.29) is 18.4 Å². The van der Waals surface area contributed by atoms with Crippen molar-refractivity contribution in [3.8, 4) is 5.75 Å². The molecule has 7 nitrogen and oxygen atoms in total. The van der Waals surface area contributed by atoms with E-state index in [1.807, 2.05) is 0 Å². The van der Waals surface area contributed by atoms with Crippen molar-refractivity contribution in [2.45, 2.75) is 50.7 Å². The van der Waals surface area contributed by atoms with Crippen LogP contribution in [0.3, 0.4) is 0 Å². The Morgan fingerprint density at radius 3 is 2.47 bits per heavy atom. The van der Waals surface area contributed by atoms with Crippen molar-refractivity contribution in [3.05, 3.63) is 24.0 Å². The molecule has 1 saturated carbocycles. The first-order valence-electron chi connectivity index (χ1n) is 9.79. The Morgan fingerprint density at radius 2 is 1.87 bits per heavy atom. The summed E-state index contributed by atoms with van der Waals surface area (Å²) in [6.45, 7) is -1.21. The van der Waals surface area contributed by atoms with Crippen molar-refractivity contribution in [1.29, 1.82) is 0 Å². The topological polar surface area (TPSA) is 96.1 Å². The van der Waals surface area contributed by atoms with Crippen molar-refractivity contribution < 1.29 is 22.3 Å². The van der Waals surface area contributed by atoms with Gasteiger partial charge in [0.05, 0.1) is 13.8 Å². The van der Waals surface area contributed by atoms with E-state index in [4.69, 9.17) is 10.5 Å². The van der Waals surface area contributed by atoms with Gasteiger partial charge in [-0.25, -0.2) is 14.4 Å². The number of halogens is 4. The Morgan fingerprint density at radius 1 is 1.17 bits per heavy atom. The molecule has 0 spiro atoms. The van der Waals surface area contributed by atoms with Crippen molar-refractivity contribution in [2.24, 2.45) is 15.7 Å². The average molecular weight is 432 g/mol. The highest BCUT2D eigenvalue weighted by molar-refractivity contribution is 6.04. The van der Waals surface area contributed by atoms with Crippen LogP contribution < -0.4 is 26.4 Å². The minimum Gasteiger partial charge on any atom is -0.494 e. The predicted molar refractivity (Wildman–Crippen MR) is 109 cm³/mol. The van der Waals surface area contributed by atoms with Gasteiger partial charge in [0.25, 0.3) is 0 Å². The monoisotopic (exact) mass is 432 g/mol. The van der Waals surface area contributed by atoms with E-state index >= 15 is 0 Å². The number of nitrogens with one attached hydrogen (secondary N) is 3. The second-order valence-corrected chi connectivity index (χ2v) is 6.97. The summed E-state index contributed by atoms with van der Waals surface area (Å²) < 4.78 is 55.9. The van der Waals surface area contributed by atoms with Crippen LogP contribution in [0.15, 0.2) is 28.2 Å². The maximum Gasteiger partial charge on any atom is 0.408 e. The number of alkyl halides is 3. The number of benzene rings is 1. The first-order chi connectivity index (χ1) is 14.3. The molecule has 1 aromatic carbocycles. The summed E-state index contributed by atoms with van der Waals surface area (Å²) in [5.74, 6) is -0.948. The van der Waals surface area contributed by atoms with Gasteiger partial charge in [0.1, 0.15) is 6.54 Å². The van der Waals surface area contributed by atoms with Crippen LogP contribution in [0.25, 0.3) is 0 Å². The molecule has 5 N–H and O–H groups in total. The van der Waals surface area contributed by atoms with Crippen molar-refractivity contribution in [1.82, 2.24) is 10.6 Å². The molecule has 168 valence electrons. The Balaban J connectivity index is 2.07.